The van der Waals surface area contributed by atoms with Crippen LogP contribution < -0.4 is 0 Å². The molecule has 0 radical (unpaired) electrons. The number of amides is 1. The maximum absolute atomic E-state index is 12.2. The number of hydrogen-bond donors (Lipinski definition) is 2. The fraction of sp³-hybridized carbons (Fsp3) is 0.182. The molecule has 1 aromatic carbocycles. The average molecular weight is 442 g/mol. The molecule has 0 fully saturated rings. The highest BCUT2D eigenvalue weighted by molar-refractivity contribution is 14.1. The fourth-order valence-electron chi connectivity index (χ4n) is 1.36. The Balaban J connectivity index is 3.07. The van der Waals surface area contributed by atoms with Crippen molar-refractivity contribution in [3.8, 4) is 0 Å². The predicted octanol–water partition coefficient (Wildman–Crippen LogP) is 1.67. The highest BCUT2D eigenvalue weighted by Gasteiger charge is 2.22. The first-order chi connectivity index (χ1) is 8.81. The van der Waals surface area contributed by atoms with Gasteiger partial charge in [0.15, 0.2) is 0 Å². The standard InChI is InChI=1S/C11H9BrINO5/c12-8-2-1-6(13)3-7(8)11(19)14(4-9(15)16)5-10(17)18/h1-3H,4-5H2,(H,15,16)(H,17,18). The third kappa shape index (κ3) is 4.78. The zero-order valence-electron chi connectivity index (χ0n) is 9.47. The van der Waals surface area contributed by atoms with Gasteiger partial charge < -0.3 is 15.1 Å². The lowest BCUT2D eigenvalue weighted by atomic mass is 10.2. The SMILES string of the molecule is O=C(O)CN(CC(=O)O)C(=O)c1cc(I)ccc1Br. The number of carbonyl (C=O) groups excluding carboxylic acids is 1. The second-order valence-electron chi connectivity index (χ2n) is 3.57. The molecule has 0 aromatic heterocycles. The Bertz CT molecular complexity index is 518. The maximum Gasteiger partial charge on any atom is 0.323 e. The van der Waals surface area contributed by atoms with Gasteiger partial charge in [-0.25, -0.2) is 0 Å². The van der Waals surface area contributed by atoms with Crippen molar-refractivity contribution in [2.75, 3.05) is 13.1 Å². The van der Waals surface area contributed by atoms with E-state index in [-0.39, 0.29) is 5.56 Å². The smallest absolute Gasteiger partial charge is 0.323 e. The molecule has 8 heteroatoms. The Morgan fingerprint density at radius 1 is 1.16 bits per heavy atom. The van der Waals surface area contributed by atoms with Crippen LogP contribution in [0.25, 0.3) is 0 Å². The molecule has 0 aliphatic heterocycles. The van der Waals surface area contributed by atoms with E-state index in [0.717, 1.165) is 8.47 Å². The Kier molecular flexibility index (Phi) is 5.73. The molecule has 0 spiro atoms. The van der Waals surface area contributed by atoms with Crippen molar-refractivity contribution in [1.82, 2.24) is 4.90 Å². The molecule has 0 saturated heterocycles. The van der Waals surface area contributed by atoms with Crippen LogP contribution in [0.4, 0.5) is 0 Å². The minimum absolute atomic E-state index is 0.231. The Labute approximate surface area is 130 Å². The number of hydrogen-bond acceptors (Lipinski definition) is 3. The van der Waals surface area contributed by atoms with Gasteiger partial charge in [0.1, 0.15) is 13.1 Å². The molecule has 6 nitrogen and oxygen atoms in total. The molecule has 0 bridgehead atoms. The van der Waals surface area contributed by atoms with E-state index in [4.69, 9.17) is 10.2 Å². The van der Waals surface area contributed by atoms with Crippen molar-refractivity contribution >= 4 is 56.4 Å². The predicted molar refractivity (Wildman–Crippen MR) is 78.0 cm³/mol. The van der Waals surface area contributed by atoms with E-state index < -0.39 is 30.9 Å². The van der Waals surface area contributed by atoms with Gasteiger partial charge >= 0.3 is 11.9 Å². The summed E-state index contributed by atoms with van der Waals surface area (Å²) in [6.45, 7) is -1.33. The molecule has 1 aromatic rings. The number of rotatable bonds is 5. The van der Waals surface area contributed by atoms with Gasteiger partial charge in [0.2, 0.25) is 0 Å². The molecular weight excluding hydrogens is 433 g/mol. The molecule has 0 aliphatic rings. The highest BCUT2D eigenvalue weighted by atomic mass is 127. The van der Waals surface area contributed by atoms with Gasteiger partial charge in [-0.15, -0.1) is 0 Å². The lowest BCUT2D eigenvalue weighted by molar-refractivity contribution is -0.140. The summed E-state index contributed by atoms with van der Waals surface area (Å²) in [6, 6.07) is 4.97. The van der Waals surface area contributed by atoms with Gasteiger partial charge in [0, 0.05) is 8.04 Å². The summed E-state index contributed by atoms with van der Waals surface area (Å²) < 4.78 is 1.27. The topological polar surface area (TPSA) is 94.9 Å². The quantitative estimate of drug-likeness (QED) is 0.677. The first-order valence-electron chi connectivity index (χ1n) is 4.99. The Hall–Kier alpha value is -1.16. The second-order valence-corrected chi connectivity index (χ2v) is 5.67. The lowest BCUT2D eigenvalue weighted by Gasteiger charge is -2.19. The average Bonchev–Trinajstić information content (AvgIpc) is 2.29. The third-order valence-corrected chi connectivity index (χ3v) is 3.46. The molecule has 1 rings (SSSR count). The summed E-state index contributed by atoms with van der Waals surface area (Å²) >= 11 is 5.19. The summed E-state index contributed by atoms with van der Waals surface area (Å²) in [7, 11) is 0. The van der Waals surface area contributed by atoms with Crippen LogP contribution in [-0.2, 0) is 9.59 Å². The number of carbonyl (C=O) groups is 3. The lowest BCUT2D eigenvalue weighted by Crippen LogP contribution is -2.39. The normalized spacial score (nSPS) is 10.0. The van der Waals surface area contributed by atoms with Crippen LogP contribution in [0.15, 0.2) is 22.7 Å². The molecule has 0 saturated carbocycles. The zero-order chi connectivity index (χ0) is 14.6. The van der Waals surface area contributed by atoms with Crippen molar-refractivity contribution in [3.05, 3.63) is 31.8 Å². The largest absolute Gasteiger partial charge is 0.480 e. The van der Waals surface area contributed by atoms with Crippen LogP contribution in [0.1, 0.15) is 10.4 Å². The molecule has 0 heterocycles. The number of benzene rings is 1. The van der Waals surface area contributed by atoms with E-state index in [2.05, 4.69) is 15.9 Å². The third-order valence-electron chi connectivity index (χ3n) is 2.10. The van der Waals surface area contributed by atoms with Crippen molar-refractivity contribution < 1.29 is 24.6 Å². The van der Waals surface area contributed by atoms with Crippen LogP contribution in [0.2, 0.25) is 0 Å². The summed E-state index contributed by atoms with van der Waals surface area (Å²) in [5.74, 6) is -3.18. The van der Waals surface area contributed by atoms with Crippen molar-refractivity contribution in [2.24, 2.45) is 0 Å². The van der Waals surface area contributed by atoms with Gasteiger partial charge in [-0.2, -0.15) is 0 Å². The molecule has 2 N–H and O–H groups in total. The summed E-state index contributed by atoms with van der Waals surface area (Å²) in [5.41, 5.74) is 0.231. The van der Waals surface area contributed by atoms with E-state index in [0.29, 0.717) is 4.47 Å². The van der Waals surface area contributed by atoms with Crippen LogP contribution >= 0.6 is 38.5 Å². The van der Waals surface area contributed by atoms with Crippen LogP contribution in [0.5, 0.6) is 0 Å². The van der Waals surface area contributed by atoms with Crippen molar-refractivity contribution in [3.63, 3.8) is 0 Å². The first-order valence-corrected chi connectivity index (χ1v) is 6.86. The van der Waals surface area contributed by atoms with Gasteiger partial charge in [0.05, 0.1) is 5.56 Å². The minimum Gasteiger partial charge on any atom is -0.480 e. The molecule has 1 amide bonds. The summed E-state index contributed by atoms with van der Waals surface area (Å²) in [4.78, 5) is 34.3. The molecule has 19 heavy (non-hydrogen) atoms. The van der Waals surface area contributed by atoms with E-state index in [9.17, 15) is 14.4 Å². The number of carboxylic acids is 2. The van der Waals surface area contributed by atoms with Crippen molar-refractivity contribution in [1.29, 1.82) is 0 Å². The Morgan fingerprint density at radius 3 is 2.16 bits per heavy atom. The number of aliphatic carboxylic acids is 2. The van der Waals surface area contributed by atoms with E-state index in [1.54, 1.807) is 18.2 Å². The molecule has 102 valence electrons. The summed E-state index contributed by atoms with van der Waals surface area (Å²) in [5, 5.41) is 17.4. The molecule has 0 aliphatic carbocycles. The highest BCUT2D eigenvalue weighted by Crippen LogP contribution is 2.21. The van der Waals surface area contributed by atoms with Gasteiger partial charge in [-0.1, -0.05) is 0 Å². The maximum atomic E-state index is 12.2. The summed E-state index contributed by atoms with van der Waals surface area (Å²) in [6.07, 6.45) is 0. The number of halogens is 2. The number of carboxylic acid groups (broad SMARTS) is 2. The van der Waals surface area contributed by atoms with E-state index >= 15 is 0 Å². The van der Waals surface area contributed by atoms with E-state index in [1.165, 1.54) is 0 Å². The molecule has 0 unspecified atom stereocenters. The first kappa shape index (κ1) is 15.9. The zero-order valence-corrected chi connectivity index (χ0v) is 13.2. The minimum atomic E-state index is -1.27. The van der Waals surface area contributed by atoms with Crippen LogP contribution in [-0.4, -0.2) is 46.0 Å². The molecule has 0 atom stereocenters. The van der Waals surface area contributed by atoms with Gasteiger partial charge in [-0.3, -0.25) is 14.4 Å². The molecular formula is C11H9BrINO5. The van der Waals surface area contributed by atoms with Crippen LogP contribution in [0, 0.1) is 3.57 Å². The monoisotopic (exact) mass is 441 g/mol. The van der Waals surface area contributed by atoms with Crippen molar-refractivity contribution in [2.45, 2.75) is 0 Å². The second kappa shape index (κ2) is 6.85. The fourth-order valence-corrected chi connectivity index (χ4v) is 2.27. The van der Waals surface area contributed by atoms with Crippen LogP contribution in [0.3, 0.4) is 0 Å². The van der Waals surface area contributed by atoms with E-state index in [1.807, 2.05) is 22.6 Å². The number of nitrogens with zero attached hydrogens (tertiary/aromatic N) is 1. The van der Waals surface area contributed by atoms with Gasteiger partial charge in [-0.05, 0) is 56.7 Å². The van der Waals surface area contributed by atoms with Gasteiger partial charge in [0.25, 0.3) is 5.91 Å². The Morgan fingerprint density at radius 2 is 1.68 bits per heavy atom.